The molecule has 2 amide bonds. The molecule has 0 aromatic heterocycles. The van der Waals surface area contributed by atoms with Gasteiger partial charge in [0.25, 0.3) is 11.8 Å². The van der Waals surface area contributed by atoms with Crippen molar-refractivity contribution in [1.29, 1.82) is 0 Å². The molecule has 6 nitrogen and oxygen atoms in total. The van der Waals surface area contributed by atoms with E-state index in [1.165, 1.54) is 0 Å². The average Bonchev–Trinajstić information content (AvgIpc) is 2.52. The van der Waals surface area contributed by atoms with Gasteiger partial charge < -0.3 is 15.0 Å². The van der Waals surface area contributed by atoms with E-state index in [4.69, 9.17) is 4.74 Å². The van der Waals surface area contributed by atoms with Crippen molar-refractivity contribution in [2.75, 3.05) is 26.2 Å². The summed E-state index contributed by atoms with van der Waals surface area (Å²) in [4.78, 5) is 36.4. The van der Waals surface area contributed by atoms with Crippen LogP contribution in [0, 0.1) is 0 Å². The van der Waals surface area contributed by atoms with Gasteiger partial charge in [-0.2, -0.15) is 0 Å². The smallest absolute Gasteiger partial charge is 0.325 e. The molecule has 0 aliphatic rings. The third kappa shape index (κ3) is 5.64. The zero-order valence-corrected chi connectivity index (χ0v) is 12.3. The highest BCUT2D eigenvalue weighted by atomic mass is 16.5. The molecule has 0 aliphatic carbocycles. The summed E-state index contributed by atoms with van der Waals surface area (Å²) in [5.74, 6) is -1.25. The molecule has 0 saturated carbocycles. The predicted molar refractivity (Wildman–Crippen MR) is 77.7 cm³/mol. The lowest BCUT2D eigenvalue weighted by molar-refractivity contribution is -0.151. The minimum atomic E-state index is -0.639. The molecule has 0 atom stereocenters. The van der Waals surface area contributed by atoms with Gasteiger partial charge in [0.1, 0.15) is 6.54 Å². The normalized spacial score (nSPS) is 9.81. The van der Waals surface area contributed by atoms with Gasteiger partial charge >= 0.3 is 5.97 Å². The summed E-state index contributed by atoms with van der Waals surface area (Å²) in [5.41, 5.74) is 0.463. The Kier molecular flexibility index (Phi) is 6.94. The van der Waals surface area contributed by atoms with Gasteiger partial charge in [-0.3, -0.25) is 14.4 Å². The van der Waals surface area contributed by atoms with Gasteiger partial charge in [-0.15, -0.1) is 0 Å². The number of rotatable bonds is 7. The maximum Gasteiger partial charge on any atom is 0.325 e. The number of likely N-dealkylation sites (N-methyl/N-ethyl adjacent to an activating group) is 1. The highest BCUT2D eigenvalue weighted by Gasteiger charge is 2.13. The quantitative estimate of drug-likeness (QED) is 0.755. The first-order valence-electron chi connectivity index (χ1n) is 6.85. The second-order valence-electron chi connectivity index (χ2n) is 4.28. The highest BCUT2D eigenvalue weighted by molar-refractivity contribution is 5.96. The van der Waals surface area contributed by atoms with Crippen molar-refractivity contribution in [2.24, 2.45) is 0 Å². The Morgan fingerprint density at radius 2 is 1.71 bits per heavy atom. The maximum absolute atomic E-state index is 11.7. The second kappa shape index (κ2) is 8.73. The molecule has 6 heteroatoms. The summed E-state index contributed by atoms with van der Waals surface area (Å²) in [6.45, 7) is 4.27. The van der Waals surface area contributed by atoms with Crippen LogP contribution in [0.4, 0.5) is 0 Å². The fraction of sp³-hybridized carbons (Fsp3) is 0.400. The number of benzene rings is 1. The van der Waals surface area contributed by atoms with Crippen LogP contribution >= 0.6 is 0 Å². The van der Waals surface area contributed by atoms with E-state index in [9.17, 15) is 14.4 Å². The molecule has 0 saturated heterocycles. The van der Waals surface area contributed by atoms with E-state index in [1.54, 1.807) is 35.2 Å². The lowest BCUT2D eigenvalue weighted by Crippen LogP contribution is -2.36. The van der Waals surface area contributed by atoms with Gasteiger partial charge in [-0.1, -0.05) is 18.2 Å². The SMILES string of the molecule is CCN(CC)C(=O)COC(=O)CNC(=O)c1ccccc1. The maximum atomic E-state index is 11.7. The van der Waals surface area contributed by atoms with Gasteiger partial charge in [-0.05, 0) is 26.0 Å². The Bertz CT molecular complexity index is 484. The molecular formula is C15H20N2O4. The number of nitrogens with one attached hydrogen (secondary N) is 1. The molecule has 0 spiro atoms. The molecule has 0 heterocycles. The minimum absolute atomic E-state index is 0.247. The van der Waals surface area contributed by atoms with Crippen LogP contribution < -0.4 is 5.32 Å². The van der Waals surface area contributed by atoms with Gasteiger partial charge in [0.15, 0.2) is 6.61 Å². The summed E-state index contributed by atoms with van der Waals surface area (Å²) >= 11 is 0. The number of esters is 1. The first-order chi connectivity index (χ1) is 10.1. The molecule has 1 aromatic rings. The fourth-order valence-corrected chi connectivity index (χ4v) is 1.70. The summed E-state index contributed by atoms with van der Waals surface area (Å²) in [7, 11) is 0. The third-order valence-corrected chi connectivity index (χ3v) is 2.90. The number of nitrogens with zero attached hydrogens (tertiary/aromatic N) is 1. The number of carbonyl (C=O) groups excluding carboxylic acids is 3. The summed E-state index contributed by atoms with van der Waals surface area (Å²) in [6, 6.07) is 8.55. The summed E-state index contributed by atoms with van der Waals surface area (Å²) < 4.78 is 4.83. The van der Waals surface area contributed by atoms with E-state index in [-0.39, 0.29) is 25.0 Å². The molecule has 0 aliphatic heterocycles. The topological polar surface area (TPSA) is 75.7 Å². The first kappa shape index (κ1) is 16.7. The van der Waals surface area contributed by atoms with Gasteiger partial charge in [0, 0.05) is 18.7 Å². The van der Waals surface area contributed by atoms with E-state index in [0.29, 0.717) is 18.7 Å². The van der Waals surface area contributed by atoms with Crippen LogP contribution in [0.3, 0.4) is 0 Å². The van der Waals surface area contributed by atoms with Crippen molar-refractivity contribution in [2.45, 2.75) is 13.8 Å². The van der Waals surface area contributed by atoms with Crippen molar-refractivity contribution >= 4 is 17.8 Å². The van der Waals surface area contributed by atoms with Crippen LogP contribution in [0.1, 0.15) is 24.2 Å². The lowest BCUT2D eigenvalue weighted by atomic mass is 10.2. The molecule has 0 radical (unpaired) electrons. The highest BCUT2D eigenvalue weighted by Crippen LogP contribution is 1.97. The van der Waals surface area contributed by atoms with Crippen molar-refractivity contribution in [3.05, 3.63) is 35.9 Å². The summed E-state index contributed by atoms with van der Waals surface area (Å²) in [5, 5.41) is 2.44. The van der Waals surface area contributed by atoms with Crippen LogP contribution in [0.5, 0.6) is 0 Å². The predicted octanol–water partition coefficient (Wildman–Crippen LogP) is 0.828. The average molecular weight is 292 g/mol. The number of amides is 2. The summed E-state index contributed by atoms with van der Waals surface area (Å²) in [6.07, 6.45) is 0. The number of hydrogen-bond donors (Lipinski definition) is 1. The van der Waals surface area contributed by atoms with Gasteiger partial charge in [0.05, 0.1) is 0 Å². The van der Waals surface area contributed by atoms with Gasteiger partial charge in [0.2, 0.25) is 0 Å². The van der Waals surface area contributed by atoms with E-state index < -0.39 is 5.97 Å². The Morgan fingerprint density at radius 1 is 1.10 bits per heavy atom. The Balaban J connectivity index is 2.32. The molecule has 1 rings (SSSR count). The zero-order valence-electron chi connectivity index (χ0n) is 12.3. The van der Waals surface area contributed by atoms with E-state index >= 15 is 0 Å². The van der Waals surface area contributed by atoms with E-state index in [0.717, 1.165) is 0 Å². The first-order valence-corrected chi connectivity index (χ1v) is 6.85. The molecule has 114 valence electrons. The van der Waals surface area contributed by atoms with Crippen LogP contribution in [0.15, 0.2) is 30.3 Å². The Morgan fingerprint density at radius 3 is 2.29 bits per heavy atom. The molecule has 1 aromatic carbocycles. The number of carbonyl (C=O) groups is 3. The minimum Gasteiger partial charge on any atom is -0.454 e. The zero-order chi connectivity index (χ0) is 15.7. The van der Waals surface area contributed by atoms with Crippen LogP contribution in [-0.4, -0.2) is 48.9 Å². The van der Waals surface area contributed by atoms with Crippen molar-refractivity contribution < 1.29 is 19.1 Å². The second-order valence-corrected chi connectivity index (χ2v) is 4.28. The number of ether oxygens (including phenoxy) is 1. The van der Waals surface area contributed by atoms with Crippen LogP contribution in [0.2, 0.25) is 0 Å². The fourth-order valence-electron chi connectivity index (χ4n) is 1.70. The molecule has 1 N–H and O–H groups in total. The number of hydrogen-bond acceptors (Lipinski definition) is 4. The van der Waals surface area contributed by atoms with E-state index in [2.05, 4.69) is 5.32 Å². The Hall–Kier alpha value is -2.37. The van der Waals surface area contributed by atoms with Crippen molar-refractivity contribution in [3.63, 3.8) is 0 Å². The molecule has 21 heavy (non-hydrogen) atoms. The lowest BCUT2D eigenvalue weighted by Gasteiger charge is -2.18. The standard InChI is InChI=1S/C15H20N2O4/c1-3-17(4-2)13(18)11-21-14(19)10-16-15(20)12-8-6-5-7-9-12/h5-9H,3-4,10-11H2,1-2H3,(H,16,20). The monoisotopic (exact) mass is 292 g/mol. The van der Waals surface area contributed by atoms with Crippen molar-refractivity contribution in [3.8, 4) is 0 Å². The van der Waals surface area contributed by atoms with E-state index in [1.807, 2.05) is 13.8 Å². The van der Waals surface area contributed by atoms with Crippen LogP contribution in [0.25, 0.3) is 0 Å². The van der Waals surface area contributed by atoms with Crippen LogP contribution in [-0.2, 0) is 14.3 Å². The Labute approximate surface area is 124 Å². The largest absolute Gasteiger partial charge is 0.454 e. The van der Waals surface area contributed by atoms with Crippen molar-refractivity contribution in [1.82, 2.24) is 10.2 Å². The molecule has 0 fully saturated rings. The van der Waals surface area contributed by atoms with Gasteiger partial charge in [-0.25, -0.2) is 0 Å². The third-order valence-electron chi connectivity index (χ3n) is 2.90. The molecule has 0 bridgehead atoms. The molecule has 0 unspecified atom stereocenters. The molecular weight excluding hydrogens is 272 g/mol.